The van der Waals surface area contributed by atoms with Gasteiger partial charge in [0.15, 0.2) is 0 Å². The van der Waals surface area contributed by atoms with Crippen LogP contribution in [0.1, 0.15) is 0 Å². The van der Waals surface area contributed by atoms with Crippen LogP contribution in [0.4, 0.5) is 0 Å². The summed E-state index contributed by atoms with van der Waals surface area (Å²) in [5.41, 5.74) is 8.58. The van der Waals surface area contributed by atoms with Gasteiger partial charge in [0.1, 0.15) is 5.82 Å². The zero-order chi connectivity index (χ0) is 27.6. The quantitative estimate of drug-likeness (QED) is 0.211. The predicted octanol–water partition coefficient (Wildman–Crippen LogP) is 9.49. The number of aromatic nitrogens is 4. The lowest BCUT2D eigenvalue weighted by Crippen LogP contribution is -2.01. The summed E-state index contributed by atoms with van der Waals surface area (Å²) in [4.78, 5) is 10.1. The fourth-order valence-corrected chi connectivity index (χ4v) is 6.57. The molecule has 4 heteroatoms. The van der Waals surface area contributed by atoms with Crippen LogP contribution in [0, 0.1) is 0 Å². The Kier molecular flexibility index (Phi) is 4.87. The van der Waals surface area contributed by atoms with Crippen LogP contribution in [0.3, 0.4) is 0 Å². The van der Waals surface area contributed by atoms with Crippen molar-refractivity contribution in [1.82, 2.24) is 19.1 Å². The maximum atomic E-state index is 5.38. The highest BCUT2D eigenvalue weighted by Crippen LogP contribution is 2.39. The Bertz CT molecular complexity index is 2410. The molecule has 0 saturated heterocycles. The summed E-state index contributed by atoms with van der Waals surface area (Å²) < 4.78 is 4.66. The number of nitrogens with zero attached hydrogens (tertiary/aromatic N) is 4. The van der Waals surface area contributed by atoms with Crippen molar-refractivity contribution in [3.8, 4) is 22.8 Å². The van der Waals surface area contributed by atoms with E-state index in [0.29, 0.717) is 0 Å². The van der Waals surface area contributed by atoms with Crippen LogP contribution in [-0.4, -0.2) is 19.1 Å². The number of benzene rings is 6. The standard InChI is InChI=1S/C38H24N4/c1-2-12-25(13-3-1)38-40-36-30-18-6-4-16-28(30)29-17-5-7-19-31(29)37(36)42(38)27-15-10-14-26(24-27)41-33-21-9-8-20-32(33)35-34(41)22-11-23-39-35/h1-24H. The van der Waals surface area contributed by atoms with Crippen molar-refractivity contribution in [2.45, 2.75) is 0 Å². The molecule has 0 aliphatic rings. The fourth-order valence-electron chi connectivity index (χ4n) is 6.57. The van der Waals surface area contributed by atoms with Crippen molar-refractivity contribution >= 4 is 54.5 Å². The van der Waals surface area contributed by atoms with E-state index in [9.17, 15) is 0 Å². The molecule has 9 rings (SSSR count). The number of para-hydroxylation sites is 1. The summed E-state index contributed by atoms with van der Waals surface area (Å²) in [6.07, 6.45) is 1.87. The Morgan fingerprint density at radius 2 is 1.05 bits per heavy atom. The van der Waals surface area contributed by atoms with E-state index in [2.05, 4.69) is 143 Å². The minimum atomic E-state index is 0.924. The summed E-state index contributed by atoms with van der Waals surface area (Å²) >= 11 is 0. The van der Waals surface area contributed by atoms with Crippen LogP contribution in [0.25, 0.3) is 77.3 Å². The minimum Gasteiger partial charge on any atom is -0.308 e. The fraction of sp³-hybridized carbons (Fsp3) is 0. The van der Waals surface area contributed by atoms with Crippen molar-refractivity contribution < 1.29 is 0 Å². The van der Waals surface area contributed by atoms with Gasteiger partial charge in [0, 0.05) is 39.3 Å². The summed E-state index contributed by atoms with van der Waals surface area (Å²) in [6.45, 7) is 0. The molecule has 4 nitrogen and oxygen atoms in total. The Balaban J connectivity index is 1.42. The van der Waals surface area contributed by atoms with Gasteiger partial charge in [0.2, 0.25) is 0 Å². The third kappa shape index (κ3) is 3.23. The molecule has 9 aromatic rings. The molecule has 196 valence electrons. The lowest BCUT2D eigenvalue weighted by atomic mass is 10.00. The number of hydrogen-bond donors (Lipinski definition) is 0. The van der Waals surface area contributed by atoms with Crippen molar-refractivity contribution in [2.24, 2.45) is 0 Å². The Labute approximate surface area is 241 Å². The molecule has 0 atom stereocenters. The SMILES string of the molecule is c1ccc(-c2nc3c4ccccc4c4ccccc4c3n2-c2cccc(-n3c4ccccc4c4ncccc43)c2)cc1. The summed E-state index contributed by atoms with van der Waals surface area (Å²) in [5.74, 6) is 0.924. The third-order valence-electron chi connectivity index (χ3n) is 8.34. The van der Waals surface area contributed by atoms with E-state index >= 15 is 0 Å². The zero-order valence-corrected chi connectivity index (χ0v) is 22.6. The predicted molar refractivity (Wildman–Crippen MR) is 174 cm³/mol. The lowest BCUT2D eigenvalue weighted by molar-refractivity contribution is 1.09. The van der Waals surface area contributed by atoms with Crippen LogP contribution < -0.4 is 0 Å². The van der Waals surface area contributed by atoms with E-state index in [-0.39, 0.29) is 0 Å². The van der Waals surface area contributed by atoms with Crippen LogP contribution in [0.5, 0.6) is 0 Å². The van der Waals surface area contributed by atoms with Gasteiger partial charge in [-0.15, -0.1) is 0 Å². The molecule has 0 N–H and O–H groups in total. The van der Waals surface area contributed by atoms with Gasteiger partial charge in [-0.05, 0) is 47.2 Å². The maximum absolute atomic E-state index is 5.38. The summed E-state index contributed by atoms with van der Waals surface area (Å²) in [6, 6.07) is 49.2. The third-order valence-corrected chi connectivity index (χ3v) is 8.34. The second-order valence-electron chi connectivity index (χ2n) is 10.7. The highest BCUT2D eigenvalue weighted by molar-refractivity contribution is 6.24. The maximum Gasteiger partial charge on any atom is 0.145 e. The average molecular weight is 537 g/mol. The molecule has 0 bridgehead atoms. The Morgan fingerprint density at radius 1 is 0.429 bits per heavy atom. The number of fused-ring (bicyclic) bond motifs is 9. The second kappa shape index (κ2) is 8.88. The Morgan fingerprint density at radius 3 is 1.86 bits per heavy atom. The monoisotopic (exact) mass is 536 g/mol. The van der Waals surface area contributed by atoms with E-state index in [1.807, 2.05) is 12.3 Å². The van der Waals surface area contributed by atoms with Crippen LogP contribution in [0.15, 0.2) is 146 Å². The first-order valence-corrected chi connectivity index (χ1v) is 14.2. The molecule has 0 unspecified atom stereocenters. The second-order valence-corrected chi connectivity index (χ2v) is 10.7. The van der Waals surface area contributed by atoms with Gasteiger partial charge in [-0.2, -0.15) is 0 Å². The van der Waals surface area contributed by atoms with E-state index in [4.69, 9.17) is 9.97 Å². The number of imidazole rings is 1. The Hall–Kier alpha value is -5.74. The van der Waals surface area contributed by atoms with Crippen molar-refractivity contribution in [1.29, 1.82) is 0 Å². The van der Waals surface area contributed by atoms with Crippen LogP contribution in [0.2, 0.25) is 0 Å². The molecule has 0 amide bonds. The number of rotatable bonds is 3. The van der Waals surface area contributed by atoms with Crippen LogP contribution in [-0.2, 0) is 0 Å². The molecule has 42 heavy (non-hydrogen) atoms. The molecule has 0 aliphatic heterocycles. The average Bonchev–Trinajstić information content (AvgIpc) is 3.63. The summed E-state index contributed by atoms with van der Waals surface area (Å²) in [7, 11) is 0. The first-order valence-electron chi connectivity index (χ1n) is 14.2. The minimum absolute atomic E-state index is 0.924. The molecule has 3 heterocycles. The molecule has 0 radical (unpaired) electrons. The van der Waals surface area contributed by atoms with Gasteiger partial charge in [0.25, 0.3) is 0 Å². The van der Waals surface area contributed by atoms with E-state index in [0.717, 1.165) is 61.1 Å². The van der Waals surface area contributed by atoms with Gasteiger partial charge < -0.3 is 4.57 Å². The van der Waals surface area contributed by atoms with E-state index < -0.39 is 0 Å². The first kappa shape index (κ1) is 23.0. The highest BCUT2D eigenvalue weighted by Gasteiger charge is 2.21. The number of pyridine rings is 1. The number of hydrogen-bond acceptors (Lipinski definition) is 2. The normalized spacial score (nSPS) is 11.8. The van der Waals surface area contributed by atoms with Crippen molar-refractivity contribution in [2.75, 3.05) is 0 Å². The van der Waals surface area contributed by atoms with Gasteiger partial charge in [-0.1, -0.05) is 103 Å². The largest absolute Gasteiger partial charge is 0.308 e. The van der Waals surface area contributed by atoms with Gasteiger partial charge in [-0.25, -0.2) is 4.98 Å². The molecule has 0 saturated carbocycles. The van der Waals surface area contributed by atoms with Gasteiger partial charge in [0.05, 0.1) is 27.6 Å². The van der Waals surface area contributed by atoms with Crippen LogP contribution >= 0.6 is 0 Å². The van der Waals surface area contributed by atoms with Crippen molar-refractivity contribution in [3.05, 3.63) is 146 Å². The van der Waals surface area contributed by atoms with Gasteiger partial charge >= 0.3 is 0 Å². The highest BCUT2D eigenvalue weighted by atomic mass is 15.1. The molecule has 0 fully saturated rings. The molecular formula is C38H24N4. The lowest BCUT2D eigenvalue weighted by Gasteiger charge is -2.15. The summed E-state index contributed by atoms with van der Waals surface area (Å²) in [5, 5.41) is 5.94. The molecular weight excluding hydrogens is 512 g/mol. The smallest absolute Gasteiger partial charge is 0.145 e. The molecule has 3 aromatic heterocycles. The van der Waals surface area contributed by atoms with Gasteiger partial charge in [-0.3, -0.25) is 9.55 Å². The van der Waals surface area contributed by atoms with E-state index in [1.165, 1.54) is 16.2 Å². The zero-order valence-electron chi connectivity index (χ0n) is 22.6. The van der Waals surface area contributed by atoms with Crippen molar-refractivity contribution in [3.63, 3.8) is 0 Å². The molecule has 0 aliphatic carbocycles. The first-order chi connectivity index (χ1) is 20.9. The van der Waals surface area contributed by atoms with E-state index in [1.54, 1.807) is 0 Å². The molecule has 0 spiro atoms. The topological polar surface area (TPSA) is 35.6 Å². The molecule has 6 aromatic carbocycles.